The maximum absolute atomic E-state index is 13.6. The molecule has 7 N–H and O–H groups in total. The SMILES string of the molecule is O=C(O)CCC(NC(=O)C(Cc1c[nH]c2ccccc12)NC(=O)C1CCCN1)C(=O)NC(Cc1ccccc1)C(=O)O. The first-order valence-corrected chi connectivity index (χ1v) is 13.9. The van der Waals surface area contributed by atoms with Gasteiger partial charge < -0.3 is 36.5 Å². The van der Waals surface area contributed by atoms with Crippen LogP contribution in [0.3, 0.4) is 0 Å². The molecule has 0 aliphatic carbocycles. The van der Waals surface area contributed by atoms with Crippen molar-refractivity contribution in [2.24, 2.45) is 0 Å². The van der Waals surface area contributed by atoms with Crippen LogP contribution >= 0.6 is 0 Å². The van der Waals surface area contributed by atoms with Crippen LogP contribution in [0.5, 0.6) is 0 Å². The van der Waals surface area contributed by atoms with Crippen molar-refractivity contribution in [3.63, 3.8) is 0 Å². The number of amides is 3. The minimum Gasteiger partial charge on any atom is -0.481 e. The summed E-state index contributed by atoms with van der Waals surface area (Å²) in [6.45, 7) is 0.683. The van der Waals surface area contributed by atoms with E-state index in [4.69, 9.17) is 0 Å². The second-order valence-corrected chi connectivity index (χ2v) is 10.4. The minimum atomic E-state index is -1.35. The summed E-state index contributed by atoms with van der Waals surface area (Å²) in [5.41, 5.74) is 2.30. The van der Waals surface area contributed by atoms with Crippen LogP contribution in [0.1, 0.15) is 36.8 Å². The number of fused-ring (bicyclic) bond motifs is 1. The van der Waals surface area contributed by atoms with Gasteiger partial charge in [0.05, 0.1) is 6.04 Å². The molecular formula is C30H35N5O7. The first-order chi connectivity index (χ1) is 20.2. The number of carboxylic acids is 2. The number of aromatic nitrogens is 1. The number of carboxylic acid groups (broad SMARTS) is 2. The zero-order valence-electron chi connectivity index (χ0n) is 23.0. The highest BCUT2D eigenvalue weighted by molar-refractivity contribution is 5.95. The molecule has 4 unspecified atom stereocenters. The molecule has 1 fully saturated rings. The number of aromatic amines is 1. The van der Waals surface area contributed by atoms with Crippen LogP contribution in [0.4, 0.5) is 0 Å². The van der Waals surface area contributed by atoms with Crippen molar-refractivity contribution >= 4 is 40.6 Å². The van der Waals surface area contributed by atoms with Crippen LogP contribution in [-0.2, 0) is 36.8 Å². The van der Waals surface area contributed by atoms with Gasteiger partial charge in [0, 0.05) is 36.4 Å². The van der Waals surface area contributed by atoms with Gasteiger partial charge in [-0.25, -0.2) is 4.79 Å². The van der Waals surface area contributed by atoms with Crippen LogP contribution < -0.4 is 21.3 Å². The van der Waals surface area contributed by atoms with Gasteiger partial charge in [0.15, 0.2) is 0 Å². The standard InChI is InChI=1S/C30H35N5O7/c36-26(37)13-12-23(28(39)35-25(30(41)42)15-18-7-2-1-3-8-18)33-29(40)24(34-27(38)22-11-6-14-31-22)16-19-17-32-21-10-5-4-9-20(19)21/h1-5,7-10,17,22-25,31-32H,6,11-16H2,(H,33,40)(H,34,38)(H,35,39)(H,36,37)(H,41,42). The van der Waals surface area contributed by atoms with Crippen molar-refractivity contribution in [3.8, 4) is 0 Å². The van der Waals surface area contributed by atoms with Crippen molar-refractivity contribution in [3.05, 3.63) is 71.9 Å². The summed E-state index contributed by atoms with van der Waals surface area (Å²) in [6, 6.07) is 12.0. The fourth-order valence-electron chi connectivity index (χ4n) is 5.04. The van der Waals surface area contributed by atoms with E-state index in [2.05, 4.69) is 26.3 Å². The van der Waals surface area contributed by atoms with Crippen molar-refractivity contribution < 1.29 is 34.2 Å². The van der Waals surface area contributed by atoms with E-state index in [0.29, 0.717) is 18.5 Å². The Bertz CT molecular complexity index is 1420. The summed E-state index contributed by atoms with van der Waals surface area (Å²) >= 11 is 0. The highest BCUT2D eigenvalue weighted by atomic mass is 16.4. The lowest BCUT2D eigenvalue weighted by Gasteiger charge is -2.25. The number of nitrogens with one attached hydrogen (secondary N) is 5. The molecule has 4 atom stereocenters. The van der Waals surface area contributed by atoms with Crippen molar-refractivity contribution in [1.82, 2.24) is 26.3 Å². The fraction of sp³-hybridized carbons (Fsp3) is 0.367. The Labute approximate surface area is 242 Å². The van der Waals surface area contributed by atoms with E-state index in [0.717, 1.165) is 22.9 Å². The molecular weight excluding hydrogens is 542 g/mol. The molecule has 4 rings (SSSR count). The monoisotopic (exact) mass is 577 g/mol. The van der Waals surface area contributed by atoms with Crippen molar-refractivity contribution in [2.45, 2.75) is 62.7 Å². The van der Waals surface area contributed by atoms with Gasteiger partial charge in [0.25, 0.3) is 0 Å². The van der Waals surface area contributed by atoms with Gasteiger partial charge in [-0.3, -0.25) is 19.2 Å². The number of benzene rings is 2. The number of rotatable bonds is 14. The molecule has 0 radical (unpaired) electrons. The largest absolute Gasteiger partial charge is 0.481 e. The summed E-state index contributed by atoms with van der Waals surface area (Å²) in [6.07, 6.45) is 2.57. The third-order valence-corrected chi connectivity index (χ3v) is 7.29. The Morgan fingerprint density at radius 3 is 2.21 bits per heavy atom. The minimum absolute atomic E-state index is 0.00482. The molecule has 222 valence electrons. The van der Waals surface area contributed by atoms with E-state index in [9.17, 15) is 34.2 Å². The zero-order valence-corrected chi connectivity index (χ0v) is 23.0. The third-order valence-electron chi connectivity index (χ3n) is 7.29. The van der Waals surface area contributed by atoms with Gasteiger partial charge in [0.1, 0.15) is 18.1 Å². The number of carbonyl (C=O) groups excluding carboxylic acids is 3. The summed E-state index contributed by atoms with van der Waals surface area (Å²) < 4.78 is 0. The second-order valence-electron chi connectivity index (χ2n) is 10.4. The van der Waals surface area contributed by atoms with E-state index in [1.807, 2.05) is 24.3 Å². The lowest BCUT2D eigenvalue weighted by atomic mass is 10.0. The van der Waals surface area contributed by atoms with Crippen LogP contribution in [0, 0.1) is 0 Å². The molecule has 12 nitrogen and oxygen atoms in total. The van der Waals surface area contributed by atoms with Crippen LogP contribution in [-0.4, -0.2) is 75.6 Å². The molecule has 42 heavy (non-hydrogen) atoms. The molecule has 1 aliphatic rings. The molecule has 12 heteroatoms. The number of carbonyl (C=O) groups is 5. The molecule has 0 bridgehead atoms. The first-order valence-electron chi connectivity index (χ1n) is 13.9. The summed E-state index contributed by atoms with van der Waals surface area (Å²) in [5, 5.41) is 30.8. The number of hydrogen-bond donors (Lipinski definition) is 7. The fourth-order valence-corrected chi connectivity index (χ4v) is 5.04. The van der Waals surface area contributed by atoms with Crippen LogP contribution in [0.25, 0.3) is 10.9 Å². The normalized spacial score (nSPS) is 16.7. The lowest BCUT2D eigenvalue weighted by Crippen LogP contribution is -2.57. The highest BCUT2D eigenvalue weighted by Gasteiger charge is 2.32. The molecule has 3 aromatic rings. The molecule has 0 spiro atoms. The maximum Gasteiger partial charge on any atom is 0.326 e. The predicted octanol–water partition coefficient (Wildman–Crippen LogP) is 1.11. The molecule has 1 aromatic heterocycles. The number of H-pyrrole nitrogens is 1. The van der Waals surface area contributed by atoms with E-state index in [1.165, 1.54) is 0 Å². The highest BCUT2D eigenvalue weighted by Crippen LogP contribution is 2.20. The third kappa shape index (κ3) is 8.16. The number of aliphatic carboxylic acids is 2. The Hall–Kier alpha value is -4.71. The van der Waals surface area contributed by atoms with Gasteiger partial charge in [-0.2, -0.15) is 0 Å². The molecule has 0 saturated carbocycles. The molecule has 3 amide bonds. The second kappa shape index (κ2) is 14.3. The Morgan fingerprint density at radius 2 is 1.52 bits per heavy atom. The quantitative estimate of drug-likeness (QED) is 0.148. The van der Waals surface area contributed by atoms with Crippen LogP contribution in [0.15, 0.2) is 60.8 Å². The van der Waals surface area contributed by atoms with Crippen LogP contribution in [0.2, 0.25) is 0 Å². The average molecular weight is 578 g/mol. The zero-order chi connectivity index (χ0) is 30.1. The van der Waals surface area contributed by atoms with E-state index in [1.54, 1.807) is 36.5 Å². The smallest absolute Gasteiger partial charge is 0.326 e. The first kappa shape index (κ1) is 30.3. The number of para-hydroxylation sites is 1. The van der Waals surface area contributed by atoms with E-state index in [-0.39, 0.29) is 25.2 Å². The Kier molecular flexibility index (Phi) is 10.3. The van der Waals surface area contributed by atoms with Crippen molar-refractivity contribution in [1.29, 1.82) is 0 Å². The summed E-state index contributed by atoms with van der Waals surface area (Å²) in [4.78, 5) is 66.3. The summed E-state index contributed by atoms with van der Waals surface area (Å²) in [5.74, 6) is -4.33. The van der Waals surface area contributed by atoms with Gasteiger partial charge >= 0.3 is 11.9 Å². The molecule has 2 aromatic carbocycles. The average Bonchev–Trinajstić information content (AvgIpc) is 3.66. The van der Waals surface area contributed by atoms with Crippen molar-refractivity contribution in [2.75, 3.05) is 6.54 Å². The summed E-state index contributed by atoms with van der Waals surface area (Å²) in [7, 11) is 0. The Morgan fingerprint density at radius 1 is 0.833 bits per heavy atom. The van der Waals surface area contributed by atoms with Gasteiger partial charge in [-0.1, -0.05) is 48.5 Å². The lowest BCUT2D eigenvalue weighted by molar-refractivity contribution is -0.143. The van der Waals surface area contributed by atoms with Gasteiger partial charge in [-0.15, -0.1) is 0 Å². The maximum atomic E-state index is 13.6. The van der Waals surface area contributed by atoms with E-state index < -0.39 is 54.3 Å². The molecule has 1 aliphatic heterocycles. The van der Waals surface area contributed by atoms with Gasteiger partial charge in [0.2, 0.25) is 17.7 Å². The van der Waals surface area contributed by atoms with E-state index >= 15 is 0 Å². The Balaban J connectivity index is 1.53. The number of hydrogen-bond acceptors (Lipinski definition) is 6. The molecule has 2 heterocycles. The van der Waals surface area contributed by atoms with Gasteiger partial charge in [-0.05, 0) is 43.0 Å². The predicted molar refractivity (Wildman–Crippen MR) is 153 cm³/mol. The topological polar surface area (TPSA) is 190 Å². The molecule has 1 saturated heterocycles.